The van der Waals surface area contributed by atoms with Gasteiger partial charge in [-0.3, -0.25) is 0 Å². The van der Waals surface area contributed by atoms with E-state index in [1.165, 1.54) is 13.2 Å². The molecule has 0 aromatic heterocycles. The van der Waals surface area contributed by atoms with Gasteiger partial charge in [-0.05, 0) is 24.1 Å². The Morgan fingerprint density at radius 3 is 2.24 bits per heavy atom. The van der Waals surface area contributed by atoms with Crippen LogP contribution in [0, 0.1) is 5.92 Å². The minimum atomic E-state index is -4.79. The fraction of sp³-hybridized carbons (Fsp3) is 0.538. The maximum Gasteiger partial charge on any atom is 0.573 e. The lowest BCUT2D eigenvalue weighted by Crippen LogP contribution is -2.31. The summed E-state index contributed by atoms with van der Waals surface area (Å²) in [5.74, 6) is -0.256. The largest absolute Gasteiger partial charge is 0.573 e. The Balaban J connectivity index is 0.00000400. The predicted octanol–water partition coefficient (Wildman–Crippen LogP) is 3.03. The van der Waals surface area contributed by atoms with E-state index in [9.17, 15) is 18.3 Å². The van der Waals surface area contributed by atoms with Crippen molar-refractivity contribution < 1.29 is 27.8 Å². The molecule has 8 heteroatoms. The fourth-order valence-corrected chi connectivity index (χ4v) is 1.77. The second kappa shape index (κ2) is 7.72. The van der Waals surface area contributed by atoms with Crippen molar-refractivity contribution in [3.8, 4) is 11.5 Å². The summed E-state index contributed by atoms with van der Waals surface area (Å²) in [7, 11) is 1.37. The molecule has 122 valence electrons. The minimum absolute atomic E-state index is 0. The van der Waals surface area contributed by atoms with E-state index >= 15 is 0 Å². The molecule has 21 heavy (non-hydrogen) atoms. The van der Waals surface area contributed by atoms with Crippen molar-refractivity contribution in [3.05, 3.63) is 23.8 Å². The highest BCUT2D eigenvalue weighted by molar-refractivity contribution is 5.85. The lowest BCUT2D eigenvalue weighted by molar-refractivity contribution is -0.274. The Morgan fingerprint density at radius 1 is 1.24 bits per heavy atom. The first-order valence-corrected chi connectivity index (χ1v) is 6.03. The summed E-state index contributed by atoms with van der Waals surface area (Å²) in [4.78, 5) is 0. The number of aliphatic hydroxyl groups excluding tert-OH is 1. The van der Waals surface area contributed by atoms with Gasteiger partial charge in [0.2, 0.25) is 0 Å². The highest BCUT2D eigenvalue weighted by Crippen LogP contribution is 2.33. The number of aliphatic hydroxyl groups is 1. The van der Waals surface area contributed by atoms with Crippen molar-refractivity contribution in [2.45, 2.75) is 32.4 Å². The molecule has 0 radical (unpaired) electrons. The topological polar surface area (TPSA) is 64.7 Å². The normalized spacial score (nSPS) is 14.3. The van der Waals surface area contributed by atoms with Gasteiger partial charge in [0.15, 0.2) is 0 Å². The number of hydrogen-bond acceptors (Lipinski definition) is 4. The number of alkyl halides is 3. The van der Waals surface area contributed by atoms with Crippen LogP contribution in [0.25, 0.3) is 0 Å². The molecule has 0 saturated carbocycles. The standard InChI is InChI=1S/C13H18F3NO3.ClH/c1-7(2)12(18)11(17)9-6-8(20-13(14,15)16)4-5-10(9)19-3;/h4-7,11-12,18H,17H2,1-3H3;1H/t11-,12+;/m1./s1. The number of nitrogens with two attached hydrogens (primary N) is 1. The van der Waals surface area contributed by atoms with Gasteiger partial charge >= 0.3 is 6.36 Å². The Kier molecular flexibility index (Phi) is 7.29. The molecule has 2 atom stereocenters. The van der Waals surface area contributed by atoms with E-state index < -0.39 is 24.3 Å². The Labute approximate surface area is 127 Å². The third kappa shape index (κ3) is 5.61. The lowest BCUT2D eigenvalue weighted by atomic mass is 9.93. The Bertz CT molecular complexity index is 455. The zero-order chi connectivity index (χ0) is 15.5. The summed E-state index contributed by atoms with van der Waals surface area (Å²) in [5, 5.41) is 9.95. The predicted molar refractivity (Wildman–Crippen MR) is 74.7 cm³/mol. The number of ether oxygens (including phenoxy) is 2. The molecular formula is C13H19ClF3NO3. The quantitative estimate of drug-likeness (QED) is 0.871. The van der Waals surface area contributed by atoms with Gasteiger partial charge in [-0.2, -0.15) is 0 Å². The van der Waals surface area contributed by atoms with Crippen molar-refractivity contribution in [1.29, 1.82) is 0 Å². The zero-order valence-electron chi connectivity index (χ0n) is 11.8. The molecule has 1 aromatic carbocycles. The van der Waals surface area contributed by atoms with Gasteiger partial charge in [0, 0.05) is 5.56 Å². The Hall–Kier alpha value is -1.18. The molecule has 0 saturated heterocycles. The average Bonchev–Trinajstić information content (AvgIpc) is 2.34. The van der Waals surface area contributed by atoms with Gasteiger partial charge in [-0.15, -0.1) is 25.6 Å². The van der Waals surface area contributed by atoms with E-state index in [1.54, 1.807) is 13.8 Å². The maximum atomic E-state index is 12.2. The number of benzene rings is 1. The zero-order valence-corrected chi connectivity index (χ0v) is 12.7. The van der Waals surface area contributed by atoms with Crippen LogP contribution in [-0.4, -0.2) is 24.7 Å². The molecular weight excluding hydrogens is 311 g/mol. The van der Waals surface area contributed by atoms with Crippen molar-refractivity contribution >= 4 is 12.4 Å². The first-order chi connectivity index (χ1) is 9.15. The molecule has 0 bridgehead atoms. The van der Waals surface area contributed by atoms with Gasteiger partial charge < -0.3 is 20.3 Å². The van der Waals surface area contributed by atoms with E-state index in [1.807, 2.05) is 0 Å². The Morgan fingerprint density at radius 2 is 1.81 bits per heavy atom. The lowest BCUT2D eigenvalue weighted by Gasteiger charge is -2.24. The molecule has 0 aliphatic rings. The van der Waals surface area contributed by atoms with Crippen LogP contribution in [0.5, 0.6) is 11.5 Å². The molecule has 0 heterocycles. The van der Waals surface area contributed by atoms with E-state index in [0.29, 0.717) is 5.75 Å². The summed E-state index contributed by atoms with van der Waals surface area (Å²) in [5.41, 5.74) is 6.14. The molecule has 0 spiro atoms. The maximum absolute atomic E-state index is 12.2. The van der Waals surface area contributed by atoms with E-state index in [-0.39, 0.29) is 23.9 Å². The molecule has 0 aliphatic carbocycles. The van der Waals surface area contributed by atoms with Gasteiger partial charge in [0.1, 0.15) is 11.5 Å². The summed E-state index contributed by atoms with van der Waals surface area (Å²) in [6.45, 7) is 3.51. The molecule has 1 rings (SSSR count). The van der Waals surface area contributed by atoms with Crippen LogP contribution >= 0.6 is 12.4 Å². The van der Waals surface area contributed by atoms with Crippen LogP contribution in [0.4, 0.5) is 13.2 Å². The van der Waals surface area contributed by atoms with Crippen molar-refractivity contribution in [1.82, 2.24) is 0 Å². The average molecular weight is 330 g/mol. The number of methoxy groups -OCH3 is 1. The molecule has 0 aliphatic heterocycles. The van der Waals surface area contributed by atoms with Crippen LogP contribution in [0.2, 0.25) is 0 Å². The van der Waals surface area contributed by atoms with Crippen molar-refractivity contribution in [2.24, 2.45) is 11.7 Å². The van der Waals surface area contributed by atoms with E-state index in [2.05, 4.69) is 4.74 Å². The van der Waals surface area contributed by atoms with E-state index in [4.69, 9.17) is 10.5 Å². The second-order valence-electron chi connectivity index (χ2n) is 4.71. The van der Waals surface area contributed by atoms with Gasteiger partial charge in [0.05, 0.1) is 19.3 Å². The van der Waals surface area contributed by atoms with Crippen LogP contribution < -0.4 is 15.2 Å². The van der Waals surface area contributed by atoms with Crippen LogP contribution in [-0.2, 0) is 0 Å². The van der Waals surface area contributed by atoms with Crippen LogP contribution in [0.1, 0.15) is 25.5 Å². The van der Waals surface area contributed by atoms with E-state index in [0.717, 1.165) is 12.1 Å². The summed E-state index contributed by atoms with van der Waals surface area (Å²) < 4.78 is 45.5. The summed E-state index contributed by atoms with van der Waals surface area (Å²) >= 11 is 0. The van der Waals surface area contributed by atoms with Gasteiger partial charge in [0.25, 0.3) is 0 Å². The highest BCUT2D eigenvalue weighted by atomic mass is 35.5. The number of halogens is 4. The van der Waals surface area contributed by atoms with Crippen LogP contribution in [0.3, 0.4) is 0 Å². The van der Waals surface area contributed by atoms with Crippen LogP contribution in [0.15, 0.2) is 18.2 Å². The van der Waals surface area contributed by atoms with Gasteiger partial charge in [-0.1, -0.05) is 13.8 Å². The molecule has 4 nitrogen and oxygen atoms in total. The SMILES string of the molecule is COc1ccc(OC(F)(F)F)cc1[C@@H](N)[C@@H](O)C(C)C.Cl. The molecule has 1 aromatic rings. The summed E-state index contributed by atoms with van der Waals surface area (Å²) in [6, 6.07) is 2.71. The number of hydrogen-bond donors (Lipinski definition) is 2. The smallest absolute Gasteiger partial charge is 0.496 e. The highest BCUT2D eigenvalue weighted by Gasteiger charge is 2.32. The number of rotatable bonds is 5. The molecule has 0 unspecified atom stereocenters. The van der Waals surface area contributed by atoms with Gasteiger partial charge in [-0.25, -0.2) is 0 Å². The minimum Gasteiger partial charge on any atom is -0.496 e. The van der Waals surface area contributed by atoms with Crippen molar-refractivity contribution in [3.63, 3.8) is 0 Å². The fourth-order valence-electron chi connectivity index (χ4n) is 1.77. The first-order valence-electron chi connectivity index (χ1n) is 6.03. The molecule has 3 N–H and O–H groups in total. The molecule has 0 amide bonds. The summed E-state index contributed by atoms with van der Waals surface area (Å²) in [6.07, 6.45) is -5.70. The molecule has 0 fully saturated rings. The monoisotopic (exact) mass is 329 g/mol. The third-order valence-electron chi connectivity index (χ3n) is 2.84. The third-order valence-corrected chi connectivity index (χ3v) is 2.84. The second-order valence-corrected chi connectivity index (χ2v) is 4.71. The first kappa shape index (κ1) is 19.8. The van der Waals surface area contributed by atoms with Crippen molar-refractivity contribution in [2.75, 3.05) is 7.11 Å².